The number of hydrogen-bond acceptors (Lipinski definition) is 4. The van der Waals surface area contributed by atoms with Crippen LogP contribution in [0.2, 0.25) is 4.47 Å². The summed E-state index contributed by atoms with van der Waals surface area (Å²) in [6.07, 6.45) is 3.54. The Morgan fingerprint density at radius 3 is 2.92 bits per heavy atom. The number of rotatable bonds is 1. The molecule has 0 unspecified atom stereocenters. The molecule has 0 radical (unpaired) electrons. The van der Waals surface area contributed by atoms with Crippen molar-refractivity contribution < 1.29 is 0 Å². The van der Waals surface area contributed by atoms with Crippen molar-refractivity contribution in [1.82, 2.24) is 18.9 Å². The van der Waals surface area contributed by atoms with Crippen LogP contribution >= 0.6 is 23.1 Å². The molecule has 2 aromatic rings. The first-order valence-corrected chi connectivity index (χ1v) is 4.39. The molecular weight excluding hydrogens is 196 g/mol. The van der Waals surface area contributed by atoms with Gasteiger partial charge in [-0.15, -0.1) is 0 Å². The maximum absolute atomic E-state index is 5.64. The molecule has 2 heterocycles. The van der Waals surface area contributed by atoms with Gasteiger partial charge in [0, 0.05) is 19.4 Å². The monoisotopic (exact) mass is 200 g/mol. The normalized spacial score (nSPS) is 10.5. The van der Waals surface area contributed by atoms with Gasteiger partial charge in [0.2, 0.25) is 10.3 Å². The van der Waals surface area contributed by atoms with Crippen molar-refractivity contribution in [3.63, 3.8) is 0 Å². The number of halogens is 1. The van der Waals surface area contributed by atoms with E-state index in [1.165, 1.54) is 0 Å². The van der Waals surface area contributed by atoms with E-state index in [9.17, 15) is 0 Å². The first-order chi connectivity index (χ1) is 5.77. The Morgan fingerprint density at radius 2 is 2.42 bits per heavy atom. The van der Waals surface area contributed by atoms with Crippen LogP contribution in [0.4, 0.5) is 0 Å². The standard InChI is InChI=1S/C6H5ClN4S/c1-11-3-2-8-5(11)4-9-6(7)12-10-4/h2-3H,1H3. The maximum Gasteiger partial charge on any atom is 0.210 e. The molecule has 0 spiro atoms. The van der Waals surface area contributed by atoms with Crippen molar-refractivity contribution in [3.05, 3.63) is 16.9 Å². The number of aromatic nitrogens is 4. The molecule has 62 valence electrons. The Kier molecular flexibility index (Phi) is 1.82. The second-order valence-electron chi connectivity index (χ2n) is 2.23. The molecule has 0 N–H and O–H groups in total. The summed E-state index contributed by atoms with van der Waals surface area (Å²) < 4.78 is 6.32. The quantitative estimate of drug-likeness (QED) is 0.702. The Balaban J connectivity index is 2.50. The summed E-state index contributed by atoms with van der Waals surface area (Å²) in [5.41, 5.74) is 0. The van der Waals surface area contributed by atoms with E-state index in [4.69, 9.17) is 11.6 Å². The van der Waals surface area contributed by atoms with Gasteiger partial charge in [0.25, 0.3) is 0 Å². The zero-order valence-electron chi connectivity index (χ0n) is 6.23. The molecule has 0 aliphatic carbocycles. The summed E-state index contributed by atoms with van der Waals surface area (Å²) in [6.45, 7) is 0. The van der Waals surface area contributed by atoms with Crippen LogP contribution in [-0.2, 0) is 7.05 Å². The van der Waals surface area contributed by atoms with Crippen LogP contribution in [-0.4, -0.2) is 18.9 Å². The number of nitrogens with zero attached hydrogens (tertiary/aromatic N) is 4. The van der Waals surface area contributed by atoms with E-state index < -0.39 is 0 Å². The minimum atomic E-state index is 0.438. The fourth-order valence-electron chi connectivity index (χ4n) is 0.877. The molecule has 0 amide bonds. The lowest BCUT2D eigenvalue weighted by Crippen LogP contribution is -1.92. The average Bonchev–Trinajstić information content (AvgIpc) is 2.58. The summed E-state index contributed by atoms with van der Waals surface area (Å²) in [6, 6.07) is 0. The summed E-state index contributed by atoms with van der Waals surface area (Å²) in [5, 5.41) is 0. The summed E-state index contributed by atoms with van der Waals surface area (Å²) >= 11 is 6.80. The highest BCUT2D eigenvalue weighted by molar-refractivity contribution is 7.10. The Hall–Kier alpha value is -0.940. The third kappa shape index (κ3) is 1.21. The van der Waals surface area contributed by atoms with Crippen LogP contribution in [0.25, 0.3) is 11.6 Å². The molecule has 12 heavy (non-hydrogen) atoms. The van der Waals surface area contributed by atoms with Gasteiger partial charge >= 0.3 is 0 Å². The van der Waals surface area contributed by atoms with Gasteiger partial charge in [0.1, 0.15) is 0 Å². The first kappa shape index (κ1) is 7.70. The van der Waals surface area contributed by atoms with Gasteiger partial charge in [-0.2, -0.15) is 4.37 Å². The van der Waals surface area contributed by atoms with Gasteiger partial charge in [-0.25, -0.2) is 9.97 Å². The molecule has 0 aliphatic heterocycles. The highest BCUT2D eigenvalue weighted by Crippen LogP contribution is 2.18. The van der Waals surface area contributed by atoms with Gasteiger partial charge in [-0.1, -0.05) is 0 Å². The number of aryl methyl sites for hydroxylation is 1. The Labute approximate surface area is 78.0 Å². The van der Waals surface area contributed by atoms with Crippen LogP contribution in [0, 0.1) is 0 Å². The van der Waals surface area contributed by atoms with Gasteiger partial charge < -0.3 is 4.57 Å². The van der Waals surface area contributed by atoms with E-state index in [2.05, 4.69) is 14.3 Å². The summed E-state index contributed by atoms with van der Waals surface area (Å²) in [5.74, 6) is 1.32. The van der Waals surface area contributed by atoms with Crippen LogP contribution in [0.15, 0.2) is 12.4 Å². The largest absolute Gasteiger partial charge is 0.331 e. The predicted octanol–water partition coefficient (Wildman–Crippen LogP) is 1.59. The molecule has 0 atom stereocenters. The predicted molar refractivity (Wildman–Crippen MR) is 47.1 cm³/mol. The van der Waals surface area contributed by atoms with Crippen LogP contribution in [0.3, 0.4) is 0 Å². The van der Waals surface area contributed by atoms with Gasteiger partial charge in [0.15, 0.2) is 5.82 Å². The van der Waals surface area contributed by atoms with Crippen molar-refractivity contribution in [1.29, 1.82) is 0 Å². The SMILES string of the molecule is Cn1ccnc1-c1nsc(Cl)n1. The van der Waals surface area contributed by atoms with E-state index in [0.717, 1.165) is 17.4 Å². The fourth-order valence-corrected chi connectivity index (χ4v) is 1.47. The van der Waals surface area contributed by atoms with E-state index >= 15 is 0 Å². The second kappa shape index (κ2) is 2.84. The molecule has 6 heteroatoms. The van der Waals surface area contributed by atoms with Gasteiger partial charge in [0.05, 0.1) is 0 Å². The third-order valence-electron chi connectivity index (χ3n) is 1.42. The molecule has 2 rings (SSSR count). The van der Waals surface area contributed by atoms with Crippen LogP contribution in [0.1, 0.15) is 0 Å². The third-order valence-corrected chi connectivity index (χ3v) is 2.22. The van der Waals surface area contributed by atoms with Crippen molar-refractivity contribution in [2.24, 2.45) is 7.05 Å². The number of imidazole rings is 1. The highest BCUT2D eigenvalue weighted by Gasteiger charge is 2.08. The van der Waals surface area contributed by atoms with Crippen molar-refractivity contribution >= 4 is 23.1 Å². The zero-order valence-corrected chi connectivity index (χ0v) is 7.80. The first-order valence-electron chi connectivity index (χ1n) is 3.24. The minimum absolute atomic E-state index is 0.438. The van der Waals surface area contributed by atoms with Gasteiger partial charge in [-0.05, 0) is 23.1 Å². The van der Waals surface area contributed by atoms with Crippen LogP contribution in [0.5, 0.6) is 0 Å². The average molecular weight is 201 g/mol. The lowest BCUT2D eigenvalue weighted by Gasteiger charge is -1.93. The molecule has 0 aromatic carbocycles. The minimum Gasteiger partial charge on any atom is -0.331 e. The van der Waals surface area contributed by atoms with Crippen molar-refractivity contribution in [2.45, 2.75) is 0 Å². The van der Waals surface area contributed by atoms with Gasteiger partial charge in [-0.3, -0.25) is 0 Å². The fraction of sp³-hybridized carbons (Fsp3) is 0.167. The molecule has 4 nitrogen and oxygen atoms in total. The smallest absolute Gasteiger partial charge is 0.210 e. The molecule has 0 saturated heterocycles. The van der Waals surface area contributed by atoms with E-state index in [1.54, 1.807) is 6.20 Å². The van der Waals surface area contributed by atoms with E-state index in [-0.39, 0.29) is 0 Å². The summed E-state index contributed by atoms with van der Waals surface area (Å²) in [7, 11) is 1.89. The second-order valence-corrected chi connectivity index (χ2v) is 3.57. The van der Waals surface area contributed by atoms with Crippen molar-refractivity contribution in [2.75, 3.05) is 0 Å². The molecular formula is C6H5ClN4S. The van der Waals surface area contributed by atoms with E-state index in [0.29, 0.717) is 10.3 Å². The topological polar surface area (TPSA) is 43.6 Å². The molecule has 0 saturated carbocycles. The molecule has 0 aliphatic rings. The Morgan fingerprint density at radius 1 is 1.58 bits per heavy atom. The lowest BCUT2D eigenvalue weighted by molar-refractivity contribution is 0.913. The summed E-state index contributed by atoms with van der Waals surface area (Å²) in [4.78, 5) is 8.09. The van der Waals surface area contributed by atoms with Crippen molar-refractivity contribution in [3.8, 4) is 11.6 Å². The lowest BCUT2D eigenvalue weighted by atomic mass is 10.6. The molecule has 0 bridgehead atoms. The van der Waals surface area contributed by atoms with E-state index in [1.807, 2.05) is 17.8 Å². The maximum atomic E-state index is 5.64. The molecule has 2 aromatic heterocycles. The Bertz CT molecular complexity index is 394. The zero-order chi connectivity index (χ0) is 8.55. The van der Waals surface area contributed by atoms with Crippen LogP contribution < -0.4 is 0 Å². The highest BCUT2D eigenvalue weighted by atomic mass is 35.5. The number of hydrogen-bond donors (Lipinski definition) is 0. The molecule has 0 fully saturated rings.